The Morgan fingerprint density at radius 1 is 1.19 bits per heavy atom. The summed E-state index contributed by atoms with van der Waals surface area (Å²) in [4.78, 5) is 12.4. The van der Waals surface area contributed by atoms with E-state index in [9.17, 15) is 4.79 Å². The summed E-state index contributed by atoms with van der Waals surface area (Å²) < 4.78 is 6.02. The molecule has 0 aliphatic rings. The van der Waals surface area contributed by atoms with Crippen LogP contribution >= 0.6 is 23.1 Å². The Kier molecular flexibility index (Phi) is 6.30. The smallest absolute Gasteiger partial charge is 0.233 e. The zero-order chi connectivity index (χ0) is 18.4. The van der Waals surface area contributed by atoms with Gasteiger partial charge in [-0.2, -0.15) is 0 Å². The Hall–Kier alpha value is -2.32. The molecule has 1 amide bonds. The number of anilines is 1. The van der Waals surface area contributed by atoms with E-state index in [2.05, 4.69) is 20.8 Å². The van der Waals surface area contributed by atoms with E-state index in [1.54, 1.807) is 6.26 Å². The first-order valence-electron chi connectivity index (χ1n) is 8.23. The first-order chi connectivity index (χ1) is 12.6. The second kappa shape index (κ2) is 8.86. The minimum Gasteiger partial charge on any atom is -0.467 e. The number of nitrogens with one attached hydrogen (secondary N) is 2. The zero-order valence-electron chi connectivity index (χ0n) is 14.5. The van der Waals surface area contributed by atoms with Crippen molar-refractivity contribution in [1.82, 2.24) is 15.5 Å². The normalized spacial score (nSPS) is 13.2. The Morgan fingerprint density at radius 3 is 2.73 bits per heavy atom. The molecule has 1 aromatic carbocycles. The molecule has 3 rings (SSSR count). The Morgan fingerprint density at radius 2 is 2.00 bits per heavy atom. The largest absolute Gasteiger partial charge is 0.467 e. The van der Waals surface area contributed by atoms with Crippen LogP contribution in [-0.4, -0.2) is 21.4 Å². The van der Waals surface area contributed by atoms with Crippen LogP contribution in [0.4, 0.5) is 5.13 Å². The number of furan rings is 1. The number of hydrogen-bond acceptors (Lipinski definition) is 7. The van der Waals surface area contributed by atoms with Crippen LogP contribution in [0.2, 0.25) is 0 Å². The summed E-state index contributed by atoms with van der Waals surface area (Å²) in [5.74, 6) is 0.809. The van der Waals surface area contributed by atoms with Gasteiger partial charge in [-0.25, -0.2) is 0 Å². The van der Waals surface area contributed by atoms with Crippen molar-refractivity contribution in [2.24, 2.45) is 0 Å². The predicted molar refractivity (Wildman–Crippen MR) is 104 cm³/mol. The zero-order valence-corrected chi connectivity index (χ0v) is 16.1. The molecule has 2 atom stereocenters. The van der Waals surface area contributed by atoms with Crippen LogP contribution in [0.1, 0.15) is 31.2 Å². The molecule has 26 heavy (non-hydrogen) atoms. The van der Waals surface area contributed by atoms with Crippen LogP contribution in [0.25, 0.3) is 0 Å². The van der Waals surface area contributed by atoms with Gasteiger partial charge in [0.25, 0.3) is 0 Å². The van der Waals surface area contributed by atoms with E-state index in [0.29, 0.717) is 11.7 Å². The average Bonchev–Trinajstić information content (AvgIpc) is 3.32. The van der Waals surface area contributed by atoms with Gasteiger partial charge in [-0.3, -0.25) is 4.79 Å². The van der Waals surface area contributed by atoms with Gasteiger partial charge in [-0.1, -0.05) is 53.4 Å². The van der Waals surface area contributed by atoms with Crippen molar-refractivity contribution < 1.29 is 9.21 Å². The molecular formula is C18H20N4O2S2. The van der Waals surface area contributed by atoms with Gasteiger partial charge in [0.2, 0.25) is 11.0 Å². The molecule has 0 aliphatic carbocycles. The van der Waals surface area contributed by atoms with Gasteiger partial charge >= 0.3 is 0 Å². The predicted octanol–water partition coefficient (Wildman–Crippen LogP) is 4.10. The molecule has 0 fully saturated rings. The van der Waals surface area contributed by atoms with Crippen molar-refractivity contribution in [2.75, 3.05) is 5.32 Å². The van der Waals surface area contributed by atoms with Gasteiger partial charge in [-0.15, -0.1) is 10.2 Å². The van der Waals surface area contributed by atoms with Gasteiger partial charge in [0.15, 0.2) is 4.34 Å². The molecule has 2 N–H and O–H groups in total. The van der Waals surface area contributed by atoms with Crippen LogP contribution in [0.15, 0.2) is 57.5 Å². The molecule has 0 saturated heterocycles. The highest BCUT2D eigenvalue weighted by Gasteiger charge is 2.19. The van der Waals surface area contributed by atoms with E-state index >= 15 is 0 Å². The number of carbonyl (C=O) groups is 1. The van der Waals surface area contributed by atoms with Gasteiger partial charge in [0, 0.05) is 0 Å². The Labute approximate surface area is 160 Å². The maximum atomic E-state index is 12.4. The van der Waals surface area contributed by atoms with Crippen molar-refractivity contribution in [3.05, 3.63) is 60.1 Å². The minimum atomic E-state index is -0.257. The Bertz CT molecular complexity index is 821. The van der Waals surface area contributed by atoms with E-state index in [-0.39, 0.29) is 17.2 Å². The lowest BCUT2D eigenvalue weighted by molar-refractivity contribution is -0.120. The number of aromatic nitrogens is 2. The molecule has 136 valence electrons. The highest BCUT2D eigenvalue weighted by molar-refractivity contribution is 8.02. The molecule has 0 spiro atoms. The van der Waals surface area contributed by atoms with Gasteiger partial charge in [-0.05, 0) is 31.5 Å². The summed E-state index contributed by atoms with van der Waals surface area (Å²) in [5, 5.41) is 14.9. The van der Waals surface area contributed by atoms with Crippen molar-refractivity contribution in [2.45, 2.75) is 36.0 Å². The van der Waals surface area contributed by atoms with Gasteiger partial charge in [0.05, 0.1) is 24.1 Å². The molecule has 2 unspecified atom stereocenters. The van der Waals surface area contributed by atoms with Gasteiger partial charge < -0.3 is 15.1 Å². The van der Waals surface area contributed by atoms with E-state index in [1.165, 1.54) is 23.1 Å². The van der Waals surface area contributed by atoms with Crippen LogP contribution in [0.5, 0.6) is 0 Å². The van der Waals surface area contributed by atoms with Crippen LogP contribution < -0.4 is 10.6 Å². The van der Waals surface area contributed by atoms with Crippen LogP contribution in [0.3, 0.4) is 0 Å². The summed E-state index contributed by atoms with van der Waals surface area (Å²) in [7, 11) is 0. The average molecular weight is 389 g/mol. The Balaban J connectivity index is 1.49. The SMILES string of the molecule is CC(Sc1nnc(NCc2ccco2)s1)C(=O)NC(C)c1ccccc1. The fourth-order valence-electron chi connectivity index (χ4n) is 2.27. The molecule has 6 nitrogen and oxygen atoms in total. The molecule has 2 aromatic heterocycles. The van der Waals surface area contributed by atoms with Crippen LogP contribution in [-0.2, 0) is 11.3 Å². The number of carbonyl (C=O) groups excluding carboxylic acids is 1. The number of rotatable bonds is 8. The molecule has 3 aromatic rings. The van der Waals surface area contributed by atoms with E-state index in [0.717, 1.165) is 15.7 Å². The lowest BCUT2D eigenvalue weighted by Crippen LogP contribution is -2.33. The highest BCUT2D eigenvalue weighted by Crippen LogP contribution is 2.29. The summed E-state index contributed by atoms with van der Waals surface area (Å²) >= 11 is 2.83. The van der Waals surface area contributed by atoms with Crippen molar-refractivity contribution in [1.29, 1.82) is 0 Å². The molecule has 0 bridgehead atoms. The first-order valence-corrected chi connectivity index (χ1v) is 9.93. The lowest BCUT2D eigenvalue weighted by atomic mass is 10.1. The lowest BCUT2D eigenvalue weighted by Gasteiger charge is -2.17. The van der Waals surface area contributed by atoms with E-state index in [4.69, 9.17) is 4.42 Å². The molecule has 0 aliphatic heterocycles. The van der Waals surface area contributed by atoms with Crippen molar-refractivity contribution >= 4 is 34.1 Å². The maximum Gasteiger partial charge on any atom is 0.233 e. The molecule has 0 saturated carbocycles. The third-order valence-electron chi connectivity index (χ3n) is 3.71. The van der Waals surface area contributed by atoms with E-state index in [1.807, 2.05) is 56.3 Å². The fraction of sp³-hybridized carbons (Fsp3) is 0.278. The second-order valence-corrected chi connectivity index (χ2v) is 8.27. The molecular weight excluding hydrogens is 368 g/mol. The van der Waals surface area contributed by atoms with E-state index < -0.39 is 0 Å². The van der Waals surface area contributed by atoms with Gasteiger partial charge in [0.1, 0.15) is 5.76 Å². The summed E-state index contributed by atoms with van der Waals surface area (Å²) in [6.07, 6.45) is 1.63. The second-order valence-electron chi connectivity index (χ2n) is 5.71. The number of nitrogens with zero attached hydrogens (tertiary/aromatic N) is 2. The topological polar surface area (TPSA) is 80.1 Å². The number of thioether (sulfide) groups is 1. The number of amides is 1. The third-order valence-corrected chi connectivity index (χ3v) is 5.77. The van der Waals surface area contributed by atoms with Crippen LogP contribution in [0, 0.1) is 0 Å². The number of benzene rings is 1. The monoisotopic (exact) mass is 388 g/mol. The molecule has 8 heteroatoms. The summed E-state index contributed by atoms with van der Waals surface area (Å²) in [5.41, 5.74) is 1.08. The van der Waals surface area contributed by atoms with Crippen molar-refractivity contribution in [3.63, 3.8) is 0 Å². The standard InChI is InChI=1S/C18H20N4O2S2/c1-12(14-7-4-3-5-8-14)20-16(23)13(2)25-18-22-21-17(26-18)19-11-15-9-6-10-24-15/h3-10,12-13H,11H2,1-2H3,(H,19,21)(H,20,23). The van der Waals surface area contributed by atoms with Crippen molar-refractivity contribution in [3.8, 4) is 0 Å². The first kappa shape index (κ1) is 18.5. The fourth-order valence-corrected chi connectivity index (χ4v) is 4.17. The molecule has 0 radical (unpaired) electrons. The quantitative estimate of drug-likeness (QED) is 0.566. The summed E-state index contributed by atoms with van der Waals surface area (Å²) in [6.45, 7) is 4.40. The molecule has 2 heterocycles. The number of hydrogen-bond donors (Lipinski definition) is 2. The minimum absolute atomic E-state index is 0.0216. The summed E-state index contributed by atoms with van der Waals surface area (Å²) in [6, 6.07) is 13.6. The maximum absolute atomic E-state index is 12.4. The highest BCUT2D eigenvalue weighted by atomic mass is 32.2. The third kappa shape index (κ3) is 5.09.